The molecule has 1 atom stereocenters. The Bertz CT molecular complexity index is 849. The van der Waals surface area contributed by atoms with E-state index in [4.69, 9.17) is 23.7 Å². The number of carbonyl (C=O) groups is 1. The second-order valence-electron chi connectivity index (χ2n) is 6.40. The summed E-state index contributed by atoms with van der Waals surface area (Å²) in [7, 11) is 3.20. The summed E-state index contributed by atoms with van der Waals surface area (Å²) in [6, 6.07) is 3.63. The van der Waals surface area contributed by atoms with Crippen LogP contribution in [0.4, 0.5) is 5.13 Å². The molecule has 1 aromatic heterocycles. The van der Waals surface area contributed by atoms with Crippen LogP contribution in [0.25, 0.3) is 10.2 Å². The van der Waals surface area contributed by atoms with Gasteiger partial charge in [-0.2, -0.15) is 0 Å². The van der Waals surface area contributed by atoms with Gasteiger partial charge in [0.2, 0.25) is 5.76 Å². The molecule has 0 spiro atoms. The molecule has 0 N–H and O–H groups in total. The van der Waals surface area contributed by atoms with Gasteiger partial charge < -0.3 is 23.7 Å². The van der Waals surface area contributed by atoms with Crippen molar-refractivity contribution in [2.24, 2.45) is 0 Å². The first-order valence-electron chi connectivity index (χ1n) is 9.11. The molecule has 0 saturated carbocycles. The van der Waals surface area contributed by atoms with E-state index in [0.29, 0.717) is 48.5 Å². The van der Waals surface area contributed by atoms with Crippen molar-refractivity contribution < 1.29 is 28.5 Å². The molecule has 1 amide bonds. The van der Waals surface area contributed by atoms with E-state index in [9.17, 15) is 4.79 Å². The second-order valence-corrected chi connectivity index (χ2v) is 7.37. The highest BCUT2D eigenvalue weighted by molar-refractivity contribution is 7.22. The molecule has 0 aliphatic carbocycles. The summed E-state index contributed by atoms with van der Waals surface area (Å²) in [6.07, 6.45) is 3.21. The summed E-state index contributed by atoms with van der Waals surface area (Å²) in [5.74, 6) is 1.18. The van der Waals surface area contributed by atoms with Crippen LogP contribution in [-0.2, 0) is 19.0 Å². The topological polar surface area (TPSA) is 79.4 Å². The number of thiazole rings is 1. The average Bonchev–Trinajstić information content (AvgIpc) is 3.41. The maximum absolute atomic E-state index is 13.2. The molecular formula is C19H22N2O6S. The summed E-state index contributed by atoms with van der Waals surface area (Å²) < 4.78 is 28.2. The SMILES string of the molecule is COc1ccc(OC)c2sc(N(CC3CCCO3)C(=O)C3=COCCO3)nc12. The van der Waals surface area contributed by atoms with Crippen molar-refractivity contribution in [2.75, 3.05) is 45.5 Å². The lowest BCUT2D eigenvalue weighted by atomic mass is 10.2. The Hall–Kier alpha value is -2.52. The molecule has 4 rings (SSSR count). The van der Waals surface area contributed by atoms with E-state index in [0.717, 1.165) is 17.5 Å². The zero-order valence-corrected chi connectivity index (χ0v) is 16.6. The van der Waals surface area contributed by atoms with Gasteiger partial charge in [-0.15, -0.1) is 0 Å². The fourth-order valence-corrected chi connectivity index (χ4v) is 4.33. The van der Waals surface area contributed by atoms with Gasteiger partial charge in [0, 0.05) is 6.61 Å². The van der Waals surface area contributed by atoms with E-state index in [1.54, 1.807) is 25.2 Å². The fourth-order valence-electron chi connectivity index (χ4n) is 3.24. The van der Waals surface area contributed by atoms with Crippen LogP contribution >= 0.6 is 11.3 Å². The summed E-state index contributed by atoms with van der Waals surface area (Å²) >= 11 is 1.37. The number of amides is 1. The minimum absolute atomic E-state index is 0.0372. The maximum atomic E-state index is 13.2. The molecule has 1 unspecified atom stereocenters. The molecular weight excluding hydrogens is 384 g/mol. The highest BCUT2D eigenvalue weighted by Gasteiger charge is 2.31. The van der Waals surface area contributed by atoms with Crippen molar-refractivity contribution in [1.82, 2.24) is 4.98 Å². The van der Waals surface area contributed by atoms with Crippen molar-refractivity contribution >= 4 is 32.6 Å². The largest absolute Gasteiger partial charge is 0.495 e. The van der Waals surface area contributed by atoms with Crippen LogP contribution in [0.1, 0.15) is 12.8 Å². The number of ether oxygens (including phenoxy) is 5. The minimum atomic E-state index is -0.299. The first-order valence-corrected chi connectivity index (χ1v) is 9.92. The Kier molecular flexibility index (Phi) is 5.54. The van der Waals surface area contributed by atoms with Crippen LogP contribution in [0.5, 0.6) is 11.5 Å². The zero-order valence-electron chi connectivity index (χ0n) is 15.8. The predicted octanol–water partition coefficient (Wildman–Crippen LogP) is 2.71. The molecule has 3 heterocycles. The average molecular weight is 406 g/mol. The highest BCUT2D eigenvalue weighted by Crippen LogP contribution is 2.40. The third-order valence-electron chi connectivity index (χ3n) is 4.65. The third kappa shape index (κ3) is 3.59. The van der Waals surface area contributed by atoms with Gasteiger partial charge in [-0.3, -0.25) is 9.69 Å². The lowest BCUT2D eigenvalue weighted by Crippen LogP contribution is -2.39. The lowest BCUT2D eigenvalue weighted by molar-refractivity contribution is -0.120. The highest BCUT2D eigenvalue weighted by atomic mass is 32.1. The van der Waals surface area contributed by atoms with Gasteiger partial charge in [0.1, 0.15) is 41.2 Å². The molecule has 28 heavy (non-hydrogen) atoms. The normalized spacial score (nSPS) is 18.9. The summed E-state index contributed by atoms with van der Waals surface area (Å²) in [6.45, 7) is 1.87. The molecule has 8 nitrogen and oxygen atoms in total. The summed E-state index contributed by atoms with van der Waals surface area (Å²) in [4.78, 5) is 19.5. The van der Waals surface area contributed by atoms with Crippen LogP contribution in [0.15, 0.2) is 24.2 Å². The molecule has 9 heteroatoms. The van der Waals surface area contributed by atoms with E-state index in [1.807, 2.05) is 6.07 Å². The number of hydrogen-bond acceptors (Lipinski definition) is 8. The van der Waals surface area contributed by atoms with Gasteiger partial charge >= 0.3 is 0 Å². The molecule has 0 bridgehead atoms. The number of anilines is 1. The Morgan fingerprint density at radius 2 is 2.07 bits per heavy atom. The number of rotatable bonds is 6. The molecule has 2 aliphatic heterocycles. The van der Waals surface area contributed by atoms with Crippen LogP contribution < -0.4 is 14.4 Å². The predicted molar refractivity (Wildman–Crippen MR) is 104 cm³/mol. The fraction of sp³-hybridized carbons (Fsp3) is 0.474. The molecule has 1 aromatic carbocycles. The Labute approximate surface area is 166 Å². The standard InChI is InChI=1S/C19H22N2O6S/c1-23-13-5-6-14(24-2)17-16(13)20-19(28-17)21(10-12-4-3-7-26-12)18(22)15-11-25-8-9-27-15/h5-6,11-12H,3-4,7-10H2,1-2H3. The first-order chi connectivity index (χ1) is 13.7. The molecule has 0 radical (unpaired) electrons. The van der Waals surface area contributed by atoms with Gasteiger partial charge in [0.05, 0.1) is 26.9 Å². The van der Waals surface area contributed by atoms with Crippen molar-refractivity contribution in [1.29, 1.82) is 0 Å². The quantitative estimate of drug-likeness (QED) is 0.730. The van der Waals surface area contributed by atoms with Gasteiger partial charge in [-0.25, -0.2) is 4.98 Å². The second kappa shape index (κ2) is 8.24. The monoisotopic (exact) mass is 406 g/mol. The zero-order chi connectivity index (χ0) is 19.5. The smallest absolute Gasteiger partial charge is 0.298 e. The van der Waals surface area contributed by atoms with Crippen molar-refractivity contribution in [2.45, 2.75) is 18.9 Å². The molecule has 150 valence electrons. The van der Waals surface area contributed by atoms with Gasteiger partial charge in [0.25, 0.3) is 5.91 Å². The Balaban J connectivity index is 1.74. The number of fused-ring (bicyclic) bond motifs is 1. The van der Waals surface area contributed by atoms with E-state index < -0.39 is 0 Å². The number of benzene rings is 1. The van der Waals surface area contributed by atoms with E-state index in [1.165, 1.54) is 17.6 Å². The number of nitrogens with zero attached hydrogens (tertiary/aromatic N) is 2. The minimum Gasteiger partial charge on any atom is -0.495 e. The summed E-state index contributed by atoms with van der Waals surface area (Å²) in [5, 5.41) is 0.536. The molecule has 1 saturated heterocycles. The van der Waals surface area contributed by atoms with E-state index >= 15 is 0 Å². The number of methoxy groups -OCH3 is 2. The van der Waals surface area contributed by atoms with Gasteiger partial charge in [-0.05, 0) is 25.0 Å². The van der Waals surface area contributed by atoms with Gasteiger partial charge in [-0.1, -0.05) is 11.3 Å². The van der Waals surface area contributed by atoms with Crippen molar-refractivity contribution in [3.8, 4) is 11.5 Å². The van der Waals surface area contributed by atoms with Crippen LogP contribution in [0.2, 0.25) is 0 Å². The van der Waals surface area contributed by atoms with E-state index in [2.05, 4.69) is 4.98 Å². The maximum Gasteiger partial charge on any atom is 0.298 e. The lowest BCUT2D eigenvalue weighted by Gasteiger charge is -2.25. The van der Waals surface area contributed by atoms with E-state index in [-0.39, 0.29) is 17.8 Å². The number of aromatic nitrogens is 1. The third-order valence-corrected chi connectivity index (χ3v) is 5.74. The number of carbonyl (C=O) groups excluding carboxylic acids is 1. The van der Waals surface area contributed by atoms with Crippen molar-refractivity contribution in [3.63, 3.8) is 0 Å². The first kappa shape index (κ1) is 18.8. The van der Waals surface area contributed by atoms with Crippen LogP contribution in [0.3, 0.4) is 0 Å². The summed E-state index contributed by atoms with van der Waals surface area (Å²) in [5.41, 5.74) is 0.654. The Morgan fingerprint density at radius 3 is 2.75 bits per heavy atom. The Morgan fingerprint density at radius 1 is 1.25 bits per heavy atom. The molecule has 2 aliphatic rings. The van der Waals surface area contributed by atoms with Crippen molar-refractivity contribution in [3.05, 3.63) is 24.2 Å². The van der Waals surface area contributed by atoms with Gasteiger partial charge in [0.15, 0.2) is 5.13 Å². The molecule has 2 aromatic rings. The van der Waals surface area contributed by atoms with Crippen LogP contribution in [0, 0.1) is 0 Å². The van der Waals surface area contributed by atoms with Crippen LogP contribution in [-0.4, -0.2) is 57.6 Å². The number of hydrogen-bond donors (Lipinski definition) is 0. The molecule has 1 fully saturated rings.